The number of rotatable bonds is 3. The van der Waals surface area contributed by atoms with Gasteiger partial charge in [-0.15, -0.1) is 5.10 Å². The highest BCUT2D eigenvalue weighted by Crippen LogP contribution is 2.37. The number of hydrogen-bond acceptors (Lipinski definition) is 3. The normalized spacial score (nSPS) is 11.8. The van der Waals surface area contributed by atoms with Gasteiger partial charge >= 0.3 is 11.9 Å². The molecular weight excluding hydrogens is 316 g/mol. The first kappa shape index (κ1) is 14.4. The maximum absolute atomic E-state index is 14.5. The Morgan fingerprint density at radius 2 is 1.82 bits per heavy atom. The van der Waals surface area contributed by atoms with Crippen molar-refractivity contribution in [2.75, 3.05) is 0 Å². The summed E-state index contributed by atoms with van der Waals surface area (Å²) in [6.45, 7) is 0. The number of nitrogens with one attached hydrogen (secondary N) is 1. The number of aromatic carboxylic acids is 1. The summed E-state index contributed by atoms with van der Waals surface area (Å²) in [7, 11) is 0. The van der Waals surface area contributed by atoms with Crippen LogP contribution in [0.1, 0.15) is 21.7 Å². The van der Waals surface area contributed by atoms with Gasteiger partial charge in [-0.25, -0.2) is 4.79 Å². The van der Waals surface area contributed by atoms with E-state index in [2.05, 4.69) is 10.2 Å². The smallest absolute Gasteiger partial charge is 0.358 e. The Balaban J connectivity index is 2.14. The van der Waals surface area contributed by atoms with Crippen LogP contribution in [0.3, 0.4) is 0 Å². The lowest BCUT2D eigenvalue weighted by molar-refractivity contribution is 0.0347. The number of aromatic nitrogens is 3. The monoisotopic (exact) mass is 323 g/mol. The second kappa shape index (κ2) is 5.03. The minimum atomic E-state index is -3.59. The van der Waals surface area contributed by atoms with Crippen molar-refractivity contribution in [3.05, 3.63) is 58.4 Å². The lowest BCUT2D eigenvalue weighted by atomic mass is 10.00. The van der Waals surface area contributed by atoms with Crippen LogP contribution in [0.5, 0.6) is 0 Å². The number of nitrogens with zero attached hydrogens (tertiary/aromatic N) is 2. The van der Waals surface area contributed by atoms with Crippen LogP contribution in [-0.2, 0) is 5.92 Å². The van der Waals surface area contributed by atoms with Crippen molar-refractivity contribution in [3.8, 4) is 0 Å². The van der Waals surface area contributed by atoms with Crippen molar-refractivity contribution in [1.82, 2.24) is 15.4 Å². The zero-order valence-electron chi connectivity index (χ0n) is 10.8. The summed E-state index contributed by atoms with van der Waals surface area (Å²) in [4.78, 5) is 10.9. The predicted octanol–water partition coefficient (Wildman–Crippen LogP) is 3.45. The molecule has 0 saturated carbocycles. The Labute approximate surface area is 127 Å². The molecule has 2 aromatic carbocycles. The van der Waals surface area contributed by atoms with Crippen molar-refractivity contribution in [2.45, 2.75) is 5.92 Å². The van der Waals surface area contributed by atoms with Crippen LogP contribution in [0.4, 0.5) is 8.78 Å². The molecule has 0 atom stereocenters. The molecule has 0 bridgehead atoms. The number of H-pyrrole nitrogens is 1. The van der Waals surface area contributed by atoms with Crippen LogP contribution in [0.2, 0.25) is 5.02 Å². The molecule has 1 heterocycles. The highest BCUT2D eigenvalue weighted by Gasteiger charge is 2.41. The van der Waals surface area contributed by atoms with Gasteiger partial charge in [0.25, 0.3) is 0 Å². The second-order valence-corrected chi connectivity index (χ2v) is 5.04. The molecule has 22 heavy (non-hydrogen) atoms. The summed E-state index contributed by atoms with van der Waals surface area (Å²) in [5, 5.41) is 19.1. The van der Waals surface area contributed by atoms with E-state index in [0.29, 0.717) is 15.8 Å². The van der Waals surface area contributed by atoms with Crippen LogP contribution >= 0.6 is 11.6 Å². The van der Waals surface area contributed by atoms with E-state index in [1.807, 2.05) is 5.21 Å². The quantitative estimate of drug-likeness (QED) is 0.773. The van der Waals surface area contributed by atoms with Crippen LogP contribution in [0.25, 0.3) is 10.8 Å². The zero-order valence-corrected chi connectivity index (χ0v) is 11.6. The molecule has 0 spiro atoms. The van der Waals surface area contributed by atoms with Crippen molar-refractivity contribution in [2.24, 2.45) is 0 Å². The number of hydrogen-bond donors (Lipinski definition) is 2. The maximum Gasteiger partial charge on any atom is 0.358 e. The first-order valence-corrected chi connectivity index (χ1v) is 6.49. The summed E-state index contributed by atoms with van der Waals surface area (Å²) in [6, 6.07) is 8.82. The SMILES string of the molecule is O=C(O)c1n[nH]nc1C(F)(F)c1ccc2cc(Cl)ccc2c1. The van der Waals surface area contributed by atoms with E-state index in [1.165, 1.54) is 18.2 Å². The molecule has 0 amide bonds. The number of carboxylic acids is 1. The number of carboxylic acid groups (broad SMARTS) is 1. The highest BCUT2D eigenvalue weighted by molar-refractivity contribution is 6.31. The molecule has 112 valence electrons. The number of fused-ring (bicyclic) bond motifs is 1. The van der Waals surface area contributed by atoms with Gasteiger partial charge in [0.1, 0.15) is 0 Å². The van der Waals surface area contributed by atoms with E-state index < -0.39 is 23.3 Å². The van der Waals surface area contributed by atoms with E-state index in [-0.39, 0.29) is 5.56 Å². The van der Waals surface area contributed by atoms with Crippen molar-refractivity contribution in [1.29, 1.82) is 0 Å². The average molecular weight is 324 g/mol. The number of carbonyl (C=O) groups is 1. The Morgan fingerprint density at radius 1 is 1.14 bits per heavy atom. The fraction of sp³-hybridized carbons (Fsp3) is 0.0714. The van der Waals surface area contributed by atoms with E-state index in [9.17, 15) is 13.6 Å². The lowest BCUT2D eigenvalue weighted by Crippen LogP contribution is -2.19. The molecule has 8 heteroatoms. The Morgan fingerprint density at radius 3 is 2.55 bits per heavy atom. The third-order valence-corrected chi connectivity index (χ3v) is 3.45. The van der Waals surface area contributed by atoms with Crippen molar-refractivity contribution >= 4 is 28.3 Å². The molecule has 0 unspecified atom stereocenters. The van der Waals surface area contributed by atoms with Gasteiger partial charge in [-0.05, 0) is 29.0 Å². The van der Waals surface area contributed by atoms with E-state index in [1.54, 1.807) is 18.2 Å². The van der Waals surface area contributed by atoms with E-state index in [4.69, 9.17) is 16.7 Å². The summed E-state index contributed by atoms with van der Waals surface area (Å²) in [5.74, 6) is -5.16. The number of benzene rings is 2. The van der Waals surface area contributed by atoms with E-state index in [0.717, 1.165) is 0 Å². The molecule has 3 aromatic rings. The number of aromatic amines is 1. The Bertz CT molecular complexity index is 879. The van der Waals surface area contributed by atoms with E-state index >= 15 is 0 Å². The molecule has 5 nitrogen and oxygen atoms in total. The first-order valence-electron chi connectivity index (χ1n) is 6.12. The molecule has 1 aromatic heterocycles. The van der Waals surface area contributed by atoms with Crippen LogP contribution in [0.15, 0.2) is 36.4 Å². The van der Waals surface area contributed by atoms with Crippen LogP contribution in [-0.4, -0.2) is 26.5 Å². The lowest BCUT2D eigenvalue weighted by Gasteiger charge is -2.15. The molecule has 0 aliphatic rings. The van der Waals surface area contributed by atoms with Crippen LogP contribution < -0.4 is 0 Å². The Kier molecular flexibility index (Phi) is 3.29. The molecule has 0 saturated heterocycles. The molecule has 0 radical (unpaired) electrons. The van der Waals surface area contributed by atoms with Crippen molar-refractivity contribution < 1.29 is 18.7 Å². The minimum Gasteiger partial charge on any atom is -0.476 e. The average Bonchev–Trinajstić information content (AvgIpc) is 2.97. The van der Waals surface area contributed by atoms with Gasteiger partial charge < -0.3 is 5.11 Å². The van der Waals surface area contributed by atoms with Gasteiger partial charge in [-0.1, -0.05) is 29.8 Å². The molecule has 0 fully saturated rings. The largest absolute Gasteiger partial charge is 0.476 e. The standard InChI is InChI=1S/C14H8ClF2N3O2/c15-10-4-2-7-5-9(3-1-8(7)6-10)14(16,17)12-11(13(21)22)18-20-19-12/h1-6H,(H,21,22)(H,18,19,20). The molecule has 3 rings (SSSR count). The first-order chi connectivity index (χ1) is 10.4. The molecule has 0 aliphatic heterocycles. The highest BCUT2D eigenvalue weighted by atomic mass is 35.5. The maximum atomic E-state index is 14.5. The van der Waals surface area contributed by atoms with Gasteiger partial charge in [0.2, 0.25) is 0 Å². The van der Waals surface area contributed by atoms with Crippen molar-refractivity contribution in [3.63, 3.8) is 0 Å². The molecule has 0 aliphatic carbocycles. The Hall–Kier alpha value is -2.54. The summed E-state index contributed by atoms with van der Waals surface area (Å²) < 4.78 is 29.1. The summed E-state index contributed by atoms with van der Waals surface area (Å²) in [5.41, 5.74) is -2.10. The van der Waals surface area contributed by atoms with Gasteiger partial charge in [-0.3, -0.25) is 0 Å². The van der Waals surface area contributed by atoms with Gasteiger partial charge in [0.15, 0.2) is 11.4 Å². The topological polar surface area (TPSA) is 78.9 Å². The second-order valence-electron chi connectivity index (χ2n) is 4.61. The minimum absolute atomic E-state index is 0.376. The molecular formula is C14H8ClF2N3O2. The fourth-order valence-corrected chi connectivity index (χ4v) is 2.33. The number of halogens is 3. The van der Waals surface area contributed by atoms with Crippen LogP contribution in [0, 0.1) is 0 Å². The van der Waals surface area contributed by atoms with Gasteiger partial charge in [0.05, 0.1) is 0 Å². The summed E-state index contributed by atoms with van der Waals surface area (Å²) >= 11 is 5.85. The third kappa shape index (κ3) is 2.29. The zero-order chi connectivity index (χ0) is 15.9. The van der Waals surface area contributed by atoms with Gasteiger partial charge in [-0.2, -0.15) is 19.1 Å². The number of alkyl halides is 2. The summed E-state index contributed by atoms with van der Waals surface area (Å²) in [6.07, 6.45) is 0. The molecule has 2 N–H and O–H groups in total. The van der Waals surface area contributed by atoms with Gasteiger partial charge in [0, 0.05) is 10.6 Å². The fourth-order valence-electron chi connectivity index (χ4n) is 2.15. The predicted molar refractivity (Wildman–Crippen MR) is 75.3 cm³/mol. The third-order valence-electron chi connectivity index (χ3n) is 3.21.